The van der Waals surface area contributed by atoms with E-state index in [1.165, 1.54) is 6.07 Å². The van der Waals surface area contributed by atoms with Gasteiger partial charge in [-0.2, -0.15) is 0 Å². The normalized spacial score (nSPS) is 25.5. The average molecular weight is 230 g/mol. The fraction of sp³-hybridized carbons (Fsp3) is 0.400. The molecule has 15 heavy (non-hydrogen) atoms. The molecule has 0 bridgehead atoms. The van der Waals surface area contributed by atoms with Crippen LogP contribution in [0.15, 0.2) is 24.3 Å². The van der Waals surface area contributed by atoms with Crippen LogP contribution in [0.5, 0.6) is 5.75 Å². The fourth-order valence-electron chi connectivity index (χ4n) is 1.59. The molecule has 4 nitrogen and oxygen atoms in total. The molecule has 1 aliphatic rings. The first kappa shape index (κ1) is 10.5. The van der Waals surface area contributed by atoms with Gasteiger partial charge in [-0.15, -0.1) is 0 Å². The van der Waals surface area contributed by atoms with E-state index in [0.717, 1.165) is 5.06 Å². The molecule has 2 atom stereocenters. The van der Waals surface area contributed by atoms with E-state index in [4.69, 9.17) is 16.3 Å². The molecule has 0 spiro atoms. The second kappa shape index (κ2) is 4.26. The number of benzene rings is 1. The molecule has 1 aromatic carbocycles. The van der Waals surface area contributed by atoms with Crippen LogP contribution in [0.4, 0.5) is 5.69 Å². The molecule has 5 heteroatoms. The van der Waals surface area contributed by atoms with Crippen molar-refractivity contribution in [3.63, 3.8) is 0 Å². The van der Waals surface area contributed by atoms with Gasteiger partial charge in [0.1, 0.15) is 17.0 Å². The van der Waals surface area contributed by atoms with Crippen LogP contribution >= 0.6 is 11.6 Å². The lowest BCUT2D eigenvalue weighted by Gasteiger charge is -2.23. The van der Waals surface area contributed by atoms with E-state index in [9.17, 15) is 10.3 Å². The van der Waals surface area contributed by atoms with Crippen LogP contribution in [0, 0.1) is 0 Å². The zero-order valence-corrected chi connectivity index (χ0v) is 8.76. The van der Waals surface area contributed by atoms with Crippen molar-refractivity contribution in [2.24, 2.45) is 0 Å². The summed E-state index contributed by atoms with van der Waals surface area (Å²) in [5.41, 5.74) is 0.00683. The molecule has 1 saturated heterocycles. The minimum absolute atomic E-state index is 0.0398. The number of aromatic hydroxyl groups is 1. The van der Waals surface area contributed by atoms with Gasteiger partial charge in [-0.3, -0.25) is 5.21 Å². The van der Waals surface area contributed by atoms with Crippen LogP contribution in [0.25, 0.3) is 0 Å². The van der Waals surface area contributed by atoms with E-state index >= 15 is 0 Å². The lowest BCUT2D eigenvalue weighted by atomic mass is 10.2. The predicted octanol–water partition coefficient (Wildman–Crippen LogP) is 1.94. The fourth-order valence-corrected chi connectivity index (χ4v) is 1.87. The molecule has 2 N–H and O–H groups in total. The van der Waals surface area contributed by atoms with Crippen LogP contribution in [0.2, 0.25) is 0 Å². The maximum absolute atomic E-state index is 9.85. The number of para-hydroxylation sites is 2. The summed E-state index contributed by atoms with van der Waals surface area (Å²) >= 11 is 5.76. The van der Waals surface area contributed by atoms with Gasteiger partial charge >= 0.3 is 0 Å². The number of hydrogen-bond donors (Lipinski definition) is 2. The first-order valence-corrected chi connectivity index (χ1v) is 5.14. The van der Waals surface area contributed by atoms with Gasteiger partial charge in [0.25, 0.3) is 0 Å². The lowest BCUT2D eigenvalue weighted by Crippen LogP contribution is -2.32. The number of rotatable bonds is 2. The van der Waals surface area contributed by atoms with Crippen LogP contribution in [-0.4, -0.2) is 28.5 Å². The Morgan fingerprint density at radius 1 is 1.40 bits per heavy atom. The molecular weight excluding hydrogens is 218 g/mol. The Morgan fingerprint density at radius 2 is 2.13 bits per heavy atom. The van der Waals surface area contributed by atoms with E-state index in [0.29, 0.717) is 18.7 Å². The molecule has 0 aromatic heterocycles. The minimum Gasteiger partial charge on any atom is -0.506 e. The maximum Gasteiger partial charge on any atom is 0.141 e. The van der Waals surface area contributed by atoms with Gasteiger partial charge in [0.15, 0.2) is 0 Å². The van der Waals surface area contributed by atoms with Gasteiger partial charge in [-0.1, -0.05) is 23.7 Å². The predicted molar refractivity (Wildman–Crippen MR) is 56.4 cm³/mol. The largest absolute Gasteiger partial charge is 0.506 e. The number of anilines is 1. The monoisotopic (exact) mass is 229 g/mol. The molecule has 0 aliphatic carbocycles. The number of phenolic OH excluding ortho intramolecular Hbond substituents is 1. The summed E-state index contributed by atoms with van der Waals surface area (Å²) < 4.78 is 5.13. The number of hydrogen-bond acceptors (Lipinski definition) is 4. The first-order chi connectivity index (χ1) is 7.18. The van der Waals surface area contributed by atoms with Gasteiger partial charge in [-0.25, -0.2) is 5.06 Å². The van der Waals surface area contributed by atoms with Crippen molar-refractivity contribution in [1.82, 2.24) is 0 Å². The zero-order chi connectivity index (χ0) is 10.8. The number of nitrogens with zero attached hydrogens (tertiary/aromatic N) is 1. The number of alkyl halides is 1. The van der Waals surface area contributed by atoms with E-state index < -0.39 is 0 Å². The topological polar surface area (TPSA) is 52.9 Å². The third-order valence-electron chi connectivity index (χ3n) is 2.40. The summed E-state index contributed by atoms with van der Waals surface area (Å²) in [6.07, 6.45) is 0.534. The third-order valence-corrected chi connectivity index (χ3v) is 2.71. The molecule has 0 saturated carbocycles. The molecule has 1 aromatic rings. The average Bonchev–Trinajstić information content (AvgIpc) is 2.65. The van der Waals surface area contributed by atoms with E-state index in [1.807, 2.05) is 0 Å². The molecule has 2 unspecified atom stereocenters. The molecule has 2 rings (SSSR count). The summed E-state index contributed by atoms with van der Waals surface area (Å²) in [4.78, 5) is 0. The summed E-state index contributed by atoms with van der Waals surface area (Å²) in [6.45, 7) is 0.360. The molecule has 1 heterocycles. The molecule has 0 radical (unpaired) electrons. The third kappa shape index (κ3) is 2.17. The first-order valence-electron chi connectivity index (χ1n) is 4.70. The number of hydroxylamine groups is 1. The molecule has 1 aliphatic heterocycles. The van der Waals surface area contributed by atoms with Gasteiger partial charge in [0.2, 0.25) is 0 Å². The van der Waals surface area contributed by atoms with Crippen molar-refractivity contribution in [3.8, 4) is 5.75 Å². The molecule has 82 valence electrons. The van der Waals surface area contributed by atoms with Crippen molar-refractivity contribution in [2.75, 3.05) is 11.7 Å². The van der Waals surface area contributed by atoms with Crippen molar-refractivity contribution in [3.05, 3.63) is 24.3 Å². The number of ether oxygens (including phenoxy) is 1. The highest BCUT2D eigenvalue weighted by molar-refractivity contribution is 6.19. The smallest absolute Gasteiger partial charge is 0.141 e. The van der Waals surface area contributed by atoms with E-state index in [2.05, 4.69) is 0 Å². The van der Waals surface area contributed by atoms with Gasteiger partial charge < -0.3 is 9.84 Å². The quantitative estimate of drug-likeness (QED) is 0.601. The van der Waals surface area contributed by atoms with Gasteiger partial charge in [0, 0.05) is 6.42 Å². The maximum atomic E-state index is 9.85. The highest BCUT2D eigenvalue weighted by Gasteiger charge is 2.29. The summed E-state index contributed by atoms with van der Waals surface area (Å²) in [7, 11) is 0. The molecule has 0 amide bonds. The Balaban J connectivity index is 2.14. The van der Waals surface area contributed by atoms with Crippen LogP contribution in [0.3, 0.4) is 0 Å². The summed E-state index contributed by atoms with van der Waals surface area (Å²) in [5.74, 6) is 0.0398. The van der Waals surface area contributed by atoms with Gasteiger partial charge in [-0.05, 0) is 12.1 Å². The van der Waals surface area contributed by atoms with Crippen molar-refractivity contribution in [2.45, 2.75) is 18.0 Å². The molecule has 1 fully saturated rings. The summed E-state index contributed by atoms with van der Waals surface area (Å²) in [6, 6.07) is 6.39. The summed E-state index contributed by atoms with van der Waals surface area (Å²) in [5, 5.41) is 20.4. The highest BCUT2D eigenvalue weighted by atomic mass is 35.5. The SMILES string of the molecule is Oc1ccccc1N(O)C1COC(Cl)C1. The van der Waals surface area contributed by atoms with Crippen LogP contribution < -0.4 is 5.06 Å². The second-order valence-electron chi connectivity index (χ2n) is 3.47. The Morgan fingerprint density at radius 3 is 2.73 bits per heavy atom. The second-order valence-corrected chi connectivity index (χ2v) is 3.95. The van der Waals surface area contributed by atoms with Gasteiger partial charge in [0.05, 0.1) is 12.6 Å². The standard InChI is InChI=1S/C10H12ClNO3/c11-10-5-7(6-15-10)12(14)8-3-1-2-4-9(8)13/h1-4,7,10,13-14H,5-6H2. The molecular formula is C10H12ClNO3. The van der Waals surface area contributed by atoms with Crippen molar-refractivity contribution in [1.29, 1.82) is 0 Å². The van der Waals surface area contributed by atoms with Crippen molar-refractivity contribution >= 4 is 17.3 Å². The minimum atomic E-state index is -0.365. The Labute approximate surface area is 92.6 Å². The zero-order valence-electron chi connectivity index (χ0n) is 8.01. The van der Waals surface area contributed by atoms with Crippen LogP contribution in [0.1, 0.15) is 6.42 Å². The Bertz CT molecular complexity index is 347. The Hall–Kier alpha value is -0.970. The highest BCUT2D eigenvalue weighted by Crippen LogP contribution is 2.30. The van der Waals surface area contributed by atoms with Crippen molar-refractivity contribution < 1.29 is 15.1 Å². The van der Waals surface area contributed by atoms with E-state index in [-0.39, 0.29) is 17.4 Å². The lowest BCUT2D eigenvalue weighted by molar-refractivity contribution is 0.148. The van der Waals surface area contributed by atoms with E-state index in [1.54, 1.807) is 18.2 Å². The number of phenols is 1. The Kier molecular flexibility index (Phi) is 3.00. The van der Waals surface area contributed by atoms with Crippen LogP contribution in [-0.2, 0) is 4.74 Å². The number of halogens is 1.